The first-order valence-corrected chi connectivity index (χ1v) is 11.2. The molecule has 0 spiro atoms. The Balaban J connectivity index is 1.57. The third-order valence-corrected chi connectivity index (χ3v) is 7.10. The third kappa shape index (κ3) is 2.95. The van der Waals surface area contributed by atoms with Gasteiger partial charge in [-0.15, -0.1) is 0 Å². The summed E-state index contributed by atoms with van der Waals surface area (Å²) in [6, 6.07) is 30.5. The molecule has 1 saturated heterocycles. The van der Waals surface area contributed by atoms with Gasteiger partial charge in [-0.1, -0.05) is 78.9 Å². The molecule has 0 radical (unpaired) electrons. The fourth-order valence-corrected chi connectivity index (χ4v) is 5.79. The molecule has 156 valence electrons. The van der Waals surface area contributed by atoms with E-state index in [0.717, 1.165) is 19.6 Å². The molecule has 6 rings (SSSR count). The lowest BCUT2D eigenvalue weighted by molar-refractivity contribution is 0.0505. The lowest BCUT2D eigenvalue weighted by Crippen LogP contribution is -2.43. The summed E-state index contributed by atoms with van der Waals surface area (Å²) in [5, 5.41) is 0. The van der Waals surface area contributed by atoms with Crippen LogP contribution in [0.15, 0.2) is 90.5 Å². The summed E-state index contributed by atoms with van der Waals surface area (Å²) in [6.45, 7) is 1.67. The number of benzene rings is 3. The van der Waals surface area contributed by atoms with Crippen LogP contribution in [0.3, 0.4) is 0 Å². The van der Waals surface area contributed by atoms with Crippen molar-refractivity contribution in [1.29, 1.82) is 0 Å². The number of hydrogen-bond acceptors (Lipinski definition) is 3. The maximum Gasteiger partial charge on any atom is 0.106 e. The molecule has 31 heavy (non-hydrogen) atoms. The molecule has 0 amide bonds. The molecule has 0 aromatic heterocycles. The molecule has 0 N–H and O–H groups in total. The van der Waals surface area contributed by atoms with Crippen LogP contribution in [0.5, 0.6) is 0 Å². The molecular formula is C28H27NO2. The van der Waals surface area contributed by atoms with E-state index in [9.17, 15) is 0 Å². The molecule has 0 bridgehead atoms. The third-order valence-electron chi connectivity index (χ3n) is 7.10. The Hall–Kier alpha value is -2.88. The van der Waals surface area contributed by atoms with Crippen LogP contribution in [0.2, 0.25) is 0 Å². The standard InChI is InChI=1S/C28H27NO2/c1-30-28-25-24(22-16-17-31-27(22)25)21-14-8-9-15-23(21)29(18-19-10-4-2-5-11-19)26(28)20-12-6-3-7-13-20/h2-15,22,26-28H,16-18H2,1H3/t22-,26-,27-,28-/m1/s1. The number of anilines is 1. The Morgan fingerprint density at radius 1 is 0.903 bits per heavy atom. The van der Waals surface area contributed by atoms with Crippen molar-refractivity contribution in [3.05, 3.63) is 107 Å². The topological polar surface area (TPSA) is 21.7 Å². The maximum absolute atomic E-state index is 6.30. The van der Waals surface area contributed by atoms with Crippen molar-refractivity contribution in [2.24, 2.45) is 5.92 Å². The van der Waals surface area contributed by atoms with Crippen molar-refractivity contribution < 1.29 is 9.47 Å². The van der Waals surface area contributed by atoms with Gasteiger partial charge in [0, 0.05) is 37.4 Å². The molecule has 3 aromatic carbocycles. The van der Waals surface area contributed by atoms with E-state index in [-0.39, 0.29) is 18.2 Å². The highest BCUT2D eigenvalue weighted by Gasteiger charge is 2.53. The van der Waals surface area contributed by atoms with Gasteiger partial charge in [-0.25, -0.2) is 0 Å². The van der Waals surface area contributed by atoms with Crippen LogP contribution >= 0.6 is 0 Å². The summed E-state index contributed by atoms with van der Waals surface area (Å²) in [5.74, 6) is 0.488. The number of para-hydroxylation sites is 1. The van der Waals surface area contributed by atoms with Gasteiger partial charge in [-0.05, 0) is 34.8 Å². The molecule has 3 heteroatoms. The summed E-state index contributed by atoms with van der Waals surface area (Å²) in [5.41, 5.74) is 8.02. The number of hydrogen-bond donors (Lipinski definition) is 0. The molecule has 1 aliphatic carbocycles. The van der Waals surface area contributed by atoms with Gasteiger partial charge in [-0.2, -0.15) is 0 Å². The molecule has 1 fully saturated rings. The Morgan fingerprint density at radius 2 is 1.61 bits per heavy atom. The molecule has 0 saturated carbocycles. The van der Waals surface area contributed by atoms with Crippen molar-refractivity contribution >= 4 is 11.3 Å². The number of methoxy groups -OCH3 is 1. The van der Waals surface area contributed by atoms with Crippen LogP contribution in [-0.4, -0.2) is 25.9 Å². The Kier molecular flexibility index (Phi) is 4.66. The minimum atomic E-state index is -0.0483. The van der Waals surface area contributed by atoms with Crippen molar-refractivity contribution in [3.8, 4) is 0 Å². The molecular weight excluding hydrogens is 382 g/mol. The molecule has 4 atom stereocenters. The zero-order chi connectivity index (χ0) is 20.8. The minimum absolute atomic E-state index is 0.0483. The predicted octanol–water partition coefficient (Wildman–Crippen LogP) is 5.64. The number of ether oxygens (including phenoxy) is 2. The van der Waals surface area contributed by atoms with Crippen molar-refractivity contribution in [2.45, 2.75) is 31.2 Å². The summed E-state index contributed by atoms with van der Waals surface area (Å²) in [4.78, 5) is 2.54. The van der Waals surface area contributed by atoms with Gasteiger partial charge in [-0.3, -0.25) is 0 Å². The van der Waals surface area contributed by atoms with Gasteiger partial charge in [0.25, 0.3) is 0 Å². The van der Waals surface area contributed by atoms with Crippen molar-refractivity contribution in [1.82, 2.24) is 0 Å². The molecule has 2 aliphatic heterocycles. The van der Waals surface area contributed by atoms with Crippen LogP contribution in [0.1, 0.15) is 29.2 Å². The summed E-state index contributed by atoms with van der Waals surface area (Å²) < 4.78 is 12.5. The van der Waals surface area contributed by atoms with E-state index in [1.807, 2.05) is 7.11 Å². The van der Waals surface area contributed by atoms with Crippen LogP contribution in [0, 0.1) is 5.92 Å². The molecule has 0 unspecified atom stereocenters. The first-order chi connectivity index (χ1) is 15.4. The normalized spacial score (nSPS) is 26.5. The largest absolute Gasteiger partial charge is 0.374 e. The maximum atomic E-state index is 6.30. The van der Waals surface area contributed by atoms with Gasteiger partial charge >= 0.3 is 0 Å². The van der Waals surface area contributed by atoms with Crippen molar-refractivity contribution in [2.75, 3.05) is 18.6 Å². The van der Waals surface area contributed by atoms with Gasteiger partial charge in [0.1, 0.15) is 6.10 Å². The second kappa shape index (κ2) is 7.67. The summed E-state index contributed by atoms with van der Waals surface area (Å²) >= 11 is 0. The average molecular weight is 410 g/mol. The molecule has 3 aromatic rings. The van der Waals surface area contributed by atoms with Gasteiger partial charge in [0.05, 0.1) is 12.1 Å². The molecule has 2 heterocycles. The first kappa shape index (κ1) is 18.9. The van der Waals surface area contributed by atoms with E-state index in [1.165, 1.54) is 33.5 Å². The fraction of sp³-hybridized carbons (Fsp3) is 0.286. The van der Waals surface area contributed by atoms with Crippen molar-refractivity contribution in [3.63, 3.8) is 0 Å². The fourth-order valence-electron chi connectivity index (χ4n) is 5.79. The monoisotopic (exact) mass is 409 g/mol. The first-order valence-electron chi connectivity index (χ1n) is 11.2. The molecule has 3 aliphatic rings. The Bertz CT molecular complexity index is 1110. The van der Waals surface area contributed by atoms with Crippen LogP contribution in [0.25, 0.3) is 5.57 Å². The highest BCUT2D eigenvalue weighted by Crippen LogP contribution is 2.57. The van der Waals surface area contributed by atoms with E-state index in [2.05, 4.69) is 89.8 Å². The van der Waals surface area contributed by atoms with E-state index in [0.29, 0.717) is 5.92 Å². The Morgan fingerprint density at radius 3 is 2.39 bits per heavy atom. The van der Waals surface area contributed by atoms with Gasteiger partial charge in [0.15, 0.2) is 0 Å². The van der Waals surface area contributed by atoms with Gasteiger partial charge < -0.3 is 14.4 Å². The lowest BCUT2D eigenvalue weighted by Gasteiger charge is -2.42. The minimum Gasteiger partial charge on any atom is -0.374 e. The summed E-state index contributed by atoms with van der Waals surface area (Å²) in [6.07, 6.45) is 1.24. The highest BCUT2D eigenvalue weighted by atomic mass is 16.5. The second-order valence-corrected chi connectivity index (χ2v) is 8.70. The highest BCUT2D eigenvalue weighted by molar-refractivity contribution is 5.88. The number of rotatable bonds is 4. The summed E-state index contributed by atoms with van der Waals surface area (Å²) in [7, 11) is 1.85. The van der Waals surface area contributed by atoms with E-state index in [4.69, 9.17) is 9.47 Å². The SMILES string of the molecule is CO[C@@H]1C2=C(c3ccccc3N(Cc3ccccc3)[C@@H]1c1ccccc1)[C@H]1CCO[C@@H]21. The zero-order valence-corrected chi connectivity index (χ0v) is 17.8. The Labute approximate surface area is 183 Å². The van der Waals surface area contributed by atoms with E-state index >= 15 is 0 Å². The van der Waals surface area contributed by atoms with Crippen LogP contribution < -0.4 is 4.90 Å². The molecule has 3 nitrogen and oxygen atoms in total. The van der Waals surface area contributed by atoms with E-state index in [1.54, 1.807) is 0 Å². The quantitative estimate of drug-likeness (QED) is 0.557. The average Bonchev–Trinajstić information content (AvgIpc) is 3.18. The number of fused-ring (bicyclic) bond motifs is 5. The lowest BCUT2D eigenvalue weighted by atomic mass is 9.68. The second-order valence-electron chi connectivity index (χ2n) is 8.70. The van der Waals surface area contributed by atoms with Crippen LogP contribution in [0.4, 0.5) is 5.69 Å². The van der Waals surface area contributed by atoms with Gasteiger partial charge in [0.2, 0.25) is 0 Å². The van der Waals surface area contributed by atoms with E-state index < -0.39 is 0 Å². The van der Waals surface area contributed by atoms with Crippen LogP contribution in [-0.2, 0) is 16.0 Å². The smallest absolute Gasteiger partial charge is 0.106 e. The number of nitrogens with zero attached hydrogens (tertiary/aromatic N) is 1. The predicted molar refractivity (Wildman–Crippen MR) is 124 cm³/mol. The zero-order valence-electron chi connectivity index (χ0n) is 17.8.